The Bertz CT molecular complexity index is 1440. The maximum absolute atomic E-state index is 6.20. The van der Waals surface area contributed by atoms with E-state index in [1.807, 2.05) is 41.7 Å². The van der Waals surface area contributed by atoms with Crippen LogP contribution in [0.5, 0.6) is 0 Å². The van der Waals surface area contributed by atoms with Crippen LogP contribution < -0.4 is 5.32 Å². The van der Waals surface area contributed by atoms with Gasteiger partial charge in [-0.25, -0.2) is 0 Å². The standard InChI is InChI=1S/C24H15NOS/c1-2-7-15(8-3-1)25-18-10-6-11-19-22(18)23-20(26-19)14-13-17-16-9-4-5-12-21(16)27-24(17)23/h1-14,25H. The fraction of sp³-hybridized carbons (Fsp3) is 0. The molecule has 4 aromatic carbocycles. The molecule has 0 spiro atoms. The van der Waals surface area contributed by atoms with E-state index < -0.39 is 0 Å². The summed E-state index contributed by atoms with van der Waals surface area (Å²) >= 11 is 1.84. The lowest BCUT2D eigenvalue weighted by Gasteiger charge is -2.07. The van der Waals surface area contributed by atoms with Crippen molar-refractivity contribution in [3.05, 3.63) is 84.9 Å². The number of rotatable bonds is 2. The molecule has 0 aliphatic heterocycles. The first-order chi connectivity index (χ1) is 13.4. The summed E-state index contributed by atoms with van der Waals surface area (Å²) in [6.45, 7) is 0. The third kappa shape index (κ3) is 2.19. The van der Waals surface area contributed by atoms with Crippen molar-refractivity contribution in [3.63, 3.8) is 0 Å². The molecule has 0 radical (unpaired) electrons. The molecule has 0 bridgehead atoms. The van der Waals surface area contributed by atoms with Gasteiger partial charge in [-0.3, -0.25) is 0 Å². The minimum absolute atomic E-state index is 0.913. The van der Waals surface area contributed by atoms with Gasteiger partial charge in [0.15, 0.2) is 0 Å². The minimum atomic E-state index is 0.913. The number of para-hydroxylation sites is 1. The van der Waals surface area contributed by atoms with Gasteiger partial charge in [0.1, 0.15) is 11.2 Å². The number of nitrogens with one attached hydrogen (secondary N) is 1. The maximum atomic E-state index is 6.20. The molecule has 0 atom stereocenters. The first kappa shape index (κ1) is 14.8. The summed E-state index contributed by atoms with van der Waals surface area (Å²) < 4.78 is 8.80. The molecule has 0 amide bonds. The number of thiophene rings is 1. The van der Waals surface area contributed by atoms with Crippen molar-refractivity contribution in [2.45, 2.75) is 0 Å². The normalized spacial score (nSPS) is 11.7. The Hall–Kier alpha value is -3.30. The van der Waals surface area contributed by atoms with E-state index in [2.05, 4.69) is 59.9 Å². The summed E-state index contributed by atoms with van der Waals surface area (Å²) in [6, 6.07) is 29.4. The van der Waals surface area contributed by atoms with E-state index in [1.165, 1.54) is 25.6 Å². The summed E-state index contributed by atoms with van der Waals surface area (Å²) in [5.74, 6) is 0. The molecule has 0 aliphatic rings. The van der Waals surface area contributed by atoms with E-state index in [0.717, 1.165) is 27.9 Å². The van der Waals surface area contributed by atoms with E-state index >= 15 is 0 Å². The number of fused-ring (bicyclic) bond motifs is 7. The van der Waals surface area contributed by atoms with Gasteiger partial charge < -0.3 is 9.73 Å². The Morgan fingerprint density at radius 1 is 0.630 bits per heavy atom. The molecule has 27 heavy (non-hydrogen) atoms. The third-order valence-corrected chi connectivity index (χ3v) is 6.26. The minimum Gasteiger partial charge on any atom is -0.456 e. The highest BCUT2D eigenvalue weighted by atomic mass is 32.1. The van der Waals surface area contributed by atoms with Crippen molar-refractivity contribution in [1.29, 1.82) is 0 Å². The molecule has 2 heterocycles. The van der Waals surface area contributed by atoms with Crippen LogP contribution >= 0.6 is 11.3 Å². The average Bonchev–Trinajstić information content (AvgIpc) is 3.27. The van der Waals surface area contributed by atoms with Crippen LogP contribution in [0.4, 0.5) is 11.4 Å². The second kappa shape index (κ2) is 5.60. The van der Waals surface area contributed by atoms with Gasteiger partial charge in [-0.2, -0.15) is 0 Å². The SMILES string of the molecule is c1ccc(Nc2cccc3oc4ccc5c6ccccc6sc5c4c23)cc1. The van der Waals surface area contributed by atoms with Crippen LogP contribution in [-0.4, -0.2) is 0 Å². The van der Waals surface area contributed by atoms with E-state index in [-0.39, 0.29) is 0 Å². The van der Waals surface area contributed by atoms with E-state index in [0.29, 0.717) is 0 Å². The van der Waals surface area contributed by atoms with E-state index in [1.54, 1.807) is 0 Å². The Morgan fingerprint density at radius 2 is 1.44 bits per heavy atom. The van der Waals surface area contributed by atoms with Gasteiger partial charge >= 0.3 is 0 Å². The van der Waals surface area contributed by atoms with Gasteiger partial charge in [-0.05, 0) is 42.5 Å². The maximum Gasteiger partial charge on any atom is 0.137 e. The molecule has 3 heteroatoms. The average molecular weight is 365 g/mol. The summed E-state index contributed by atoms with van der Waals surface area (Å²) in [6.07, 6.45) is 0. The smallest absolute Gasteiger partial charge is 0.137 e. The summed E-state index contributed by atoms with van der Waals surface area (Å²) in [4.78, 5) is 0. The van der Waals surface area contributed by atoms with Crippen LogP contribution in [0, 0.1) is 0 Å². The number of anilines is 2. The highest BCUT2D eigenvalue weighted by Crippen LogP contribution is 2.44. The van der Waals surface area contributed by atoms with Crippen molar-refractivity contribution in [2.24, 2.45) is 0 Å². The lowest BCUT2D eigenvalue weighted by atomic mass is 10.1. The fourth-order valence-electron chi connectivity index (χ4n) is 3.87. The Balaban J connectivity index is 1.73. The molecule has 0 saturated carbocycles. The van der Waals surface area contributed by atoms with Crippen LogP contribution in [0.2, 0.25) is 0 Å². The summed E-state index contributed by atoms with van der Waals surface area (Å²) in [5.41, 5.74) is 3.99. The van der Waals surface area contributed by atoms with Gasteiger partial charge in [-0.1, -0.05) is 42.5 Å². The molecule has 2 nitrogen and oxygen atoms in total. The fourth-order valence-corrected chi connectivity index (χ4v) is 5.11. The number of hydrogen-bond acceptors (Lipinski definition) is 3. The van der Waals surface area contributed by atoms with E-state index in [4.69, 9.17) is 4.42 Å². The Kier molecular flexibility index (Phi) is 3.07. The molecular weight excluding hydrogens is 350 g/mol. The Morgan fingerprint density at radius 3 is 2.37 bits per heavy atom. The number of furan rings is 1. The molecule has 6 rings (SSSR count). The molecule has 0 aliphatic carbocycles. The second-order valence-corrected chi connectivity index (χ2v) is 7.74. The quantitative estimate of drug-likeness (QED) is 0.340. The van der Waals surface area contributed by atoms with Crippen LogP contribution in [0.3, 0.4) is 0 Å². The largest absolute Gasteiger partial charge is 0.456 e. The molecule has 2 aromatic heterocycles. The first-order valence-electron chi connectivity index (χ1n) is 8.96. The predicted octanol–water partition coefficient (Wildman–Crippen LogP) is 7.70. The summed E-state index contributed by atoms with van der Waals surface area (Å²) in [7, 11) is 0. The molecule has 0 unspecified atom stereocenters. The van der Waals surface area contributed by atoms with Gasteiger partial charge in [-0.15, -0.1) is 11.3 Å². The van der Waals surface area contributed by atoms with Crippen molar-refractivity contribution >= 4 is 64.8 Å². The Labute approximate surface area is 159 Å². The second-order valence-electron chi connectivity index (χ2n) is 6.69. The lowest BCUT2D eigenvalue weighted by Crippen LogP contribution is -1.90. The van der Waals surface area contributed by atoms with Crippen molar-refractivity contribution in [3.8, 4) is 0 Å². The van der Waals surface area contributed by atoms with Gasteiger partial charge in [0.05, 0.1) is 11.1 Å². The van der Waals surface area contributed by atoms with Crippen LogP contribution in [0.1, 0.15) is 0 Å². The molecule has 128 valence electrons. The molecule has 1 N–H and O–H groups in total. The molecule has 6 aromatic rings. The highest BCUT2D eigenvalue weighted by Gasteiger charge is 2.16. The van der Waals surface area contributed by atoms with Crippen LogP contribution in [-0.2, 0) is 0 Å². The lowest BCUT2D eigenvalue weighted by molar-refractivity contribution is 0.669. The molecule has 0 fully saturated rings. The monoisotopic (exact) mass is 365 g/mol. The van der Waals surface area contributed by atoms with Crippen molar-refractivity contribution < 1.29 is 4.42 Å². The van der Waals surface area contributed by atoms with Gasteiger partial charge in [0.25, 0.3) is 0 Å². The third-order valence-electron chi connectivity index (χ3n) is 5.06. The predicted molar refractivity (Wildman–Crippen MR) is 116 cm³/mol. The zero-order chi connectivity index (χ0) is 17.8. The number of benzene rings is 4. The van der Waals surface area contributed by atoms with Crippen LogP contribution in [0.25, 0.3) is 42.1 Å². The van der Waals surface area contributed by atoms with E-state index in [9.17, 15) is 0 Å². The number of hydrogen-bond donors (Lipinski definition) is 1. The van der Waals surface area contributed by atoms with Crippen LogP contribution in [0.15, 0.2) is 89.3 Å². The highest BCUT2D eigenvalue weighted by molar-refractivity contribution is 7.26. The topological polar surface area (TPSA) is 25.2 Å². The van der Waals surface area contributed by atoms with Gasteiger partial charge in [0, 0.05) is 31.2 Å². The first-order valence-corrected chi connectivity index (χ1v) is 9.78. The van der Waals surface area contributed by atoms with Crippen molar-refractivity contribution in [1.82, 2.24) is 0 Å². The molecule has 0 saturated heterocycles. The van der Waals surface area contributed by atoms with Gasteiger partial charge in [0.2, 0.25) is 0 Å². The van der Waals surface area contributed by atoms with Crippen molar-refractivity contribution in [2.75, 3.05) is 5.32 Å². The summed E-state index contributed by atoms with van der Waals surface area (Å²) in [5, 5.41) is 8.51. The zero-order valence-corrected chi connectivity index (χ0v) is 15.2. The zero-order valence-electron chi connectivity index (χ0n) is 14.4. The molecular formula is C24H15NOS.